The molecule has 0 aromatic heterocycles. The van der Waals surface area contributed by atoms with Crippen molar-refractivity contribution in [3.8, 4) is 5.75 Å². The minimum atomic E-state index is -4.60. The van der Waals surface area contributed by atoms with Gasteiger partial charge in [-0.1, -0.05) is 69.2 Å². The molecule has 1 aliphatic heterocycles. The number of hydrogen-bond acceptors (Lipinski definition) is 5. The lowest BCUT2D eigenvalue weighted by molar-refractivity contribution is -0.274. The van der Waals surface area contributed by atoms with E-state index in [2.05, 4.69) is 75.0 Å². The van der Waals surface area contributed by atoms with Crippen molar-refractivity contribution in [1.82, 2.24) is 10.2 Å². The van der Waals surface area contributed by atoms with E-state index in [1.165, 1.54) is 35.0 Å². The normalized spacial score (nSPS) is 14.0. The molecular weight excluding hydrogens is 652 g/mol. The van der Waals surface area contributed by atoms with Crippen LogP contribution < -0.4 is 10.1 Å². The third kappa shape index (κ3) is 20.4. The minimum absolute atomic E-state index is 0.165. The summed E-state index contributed by atoms with van der Waals surface area (Å²) in [4.78, 5) is 38.2. The highest BCUT2D eigenvalue weighted by Crippen LogP contribution is 2.23. The highest BCUT2D eigenvalue weighted by molar-refractivity contribution is 8.14. The van der Waals surface area contributed by atoms with Crippen LogP contribution in [-0.2, 0) is 11.2 Å². The number of ether oxygens (including phenoxy) is 1. The number of carbonyl (C=O) groups is 2. The van der Waals surface area contributed by atoms with Crippen LogP contribution in [0.4, 0.5) is 18.0 Å². The number of carbonyl (C=O) groups excluding carboxylic acids is 2. The molecule has 3 rings (SSSR count). The molecule has 1 aliphatic rings. The highest BCUT2D eigenvalue weighted by atomic mass is 32.2. The molecule has 0 unspecified atom stereocenters. The fourth-order valence-corrected chi connectivity index (χ4v) is 5.33. The summed E-state index contributed by atoms with van der Waals surface area (Å²) in [5, 5.41) is 3.48. The van der Waals surface area contributed by atoms with E-state index in [0.717, 1.165) is 63.1 Å². The van der Waals surface area contributed by atoms with Gasteiger partial charge >= 0.3 is 12.4 Å². The predicted octanol–water partition coefficient (Wildman–Crippen LogP) is 9.24. The smallest absolute Gasteiger partial charge is 0.406 e. The first-order valence-electron chi connectivity index (χ1n) is 16.9. The van der Waals surface area contributed by atoms with Gasteiger partial charge in [0.25, 0.3) is 0 Å². The van der Waals surface area contributed by atoms with Gasteiger partial charge in [0.2, 0.25) is 5.96 Å². The van der Waals surface area contributed by atoms with Gasteiger partial charge in [0.15, 0.2) is 0 Å². The molecule has 1 heterocycles. The zero-order valence-corrected chi connectivity index (χ0v) is 30.9. The molecule has 12 heteroatoms. The van der Waals surface area contributed by atoms with Gasteiger partial charge in [-0.15, -0.1) is 24.9 Å². The van der Waals surface area contributed by atoms with Crippen LogP contribution in [0.25, 0.3) is 0 Å². The van der Waals surface area contributed by atoms with Gasteiger partial charge in [-0.05, 0) is 82.1 Å². The summed E-state index contributed by atoms with van der Waals surface area (Å²) in [7, 11) is 1.79. The first-order valence-corrected chi connectivity index (χ1v) is 17.9. The number of nitrogens with one attached hydrogen (secondary N) is 1. The number of urea groups is 1. The second kappa shape index (κ2) is 24.5. The minimum Gasteiger partial charge on any atom is -0.406 e. The van der Waals surface area contributed by atoms with Gasteiger partial charge in [0, 0.05) is 39.3 Å². The Hall–Kier alpha value is -3.67. The van der Waals surface area contributed by atoms with Crippen LogP contribution in [0.3, 0.4) is 0 Å². The molecule has 8 nitrogen and oxygen atoms in total. The molecule has 49 heavy (non-hydrogen) atoms. The maximum absolute atomic E-state index is 11.9. The molecule has 2 aromatic carbocycles. The van der Waals surface area contributed by atoms with E-state index in [9.17, 15) is 22.8 Å². The number of ketones is 1. The van der Waals surface area contributed by atoms with Crippen molar-refractivity contribution in [1.29, 1.82) is 0 Å². The molecule has 0 saturated carbocycles. The molecule has 1 N–H and O–H groups in total. The van der Waals surface area contributed by atoms with Crippen molar-refractivity contribution in [2.45, 2.75) is 92.9 Å². The molecule has 0 spiro atoms. The summed E-state index contributed by atoms with van der Waals surface area (Å²) in [6.07, 6.45) is 4.18. The quantitative estimate of drug-likeness (QED) is 0.196. The summed E-state index contributed by atoms with van der Waals surface area (Å²) in [6.45, 7) is 14.4. The number of aryl methyl sites for hydroxylation is 3. The van der Waals surface area contributed by atoms with E-state index in [4.69, 9.17) is 0 Å². The first-order chi connectivity index (χ1) is 23.3. The van der Waals surface area contributed by atoms with Gasteiger partial charge in [0.1, 0.15) is 11.5 Å². The van der Waals surface area contributed by atoms with E-state index in [0.29, 0.717) is 29.7 Å². The largest absolute Gasteiger partial charge is 0.573 e. The monoisotopic (exact) mass is 705 g/mol. The van der Waals surface area contributed by atoms with E-state index in [1.807, 2.05) is 13.1 Å². The van der Waals surface area contributed by atoms with E-state index in [1.54, 1.807) is 33.0 Å². The number of Topliss-reactive ketones (excluding diaryl/α,β-unsaturated/α-hetero) is 1. The first kappa shape index (κ1) is 43.4. The second-order valence-corrected chi connectivity index (χ2v) is 12.7. The van der Waals surface area contributed by atoms with Crippen LogP contribution in [-0.4, -0.2) is 72.7 Å². The third-order valence-corrected chi connectivity index (χ3v) is 8.52. The van der Waals surface area contributed by atoms with Crippen molar-refractivity contribution >= 4 is 40.8 Å². The molecule has 0 radical (unpaired) electrons. The lowest BCUT2D eigenvalue weighted by atomic mass is 9.94. The molecular formula is C37H54F3N5O3S. The number of thioether (sulfide) groups is 1. The average Bonchev–Trinajstić information content (AvgIpc) is 3.07. The number of benzene rings is 2. The van der Waals surface area contributed by atoms with Gasteiger partial charge < -0.3 is 15.0 Å². The van der Waals surface area contributed by atoms with Crippen LogP contribution in [0.5, 0.6) is 5.75 Å². The summed E-state index contributed by atoms with van der Waals surface area (Å²) in [6, 6.07) is 13.8. The van der Waals surface area contributed by atoms with Gasteiger partial charge in [-0.25, -0.2) is 9.79 Å². The summed E-state index contributed by atoms with van der Waals surface area (Å²) in [5.74, 6) is 1.77. The number of piperidine rings is 1. The maximum Gasteiger partial charge on any atom is 0.573 e. The van der Waals surface area contributed by atoms with Crippen molar-refractivity contribution in [2.75, 3.05) is 32.4 Å². The Bertz CT molecular complexity index is 1340. The number of nitrogens with zero attached hydrogens (tertiary/aromatic N) is 4. The fraction of sp³-hybridized carbons (Fsp3) is 0.541. The maximum atomic E-state index is 11.9. The Kier molecular flexibility index (Phi) is 21.6. The molecule has 2 amide bonds. The molecule has 0 atom stereocenters. The van der Waals surface area contributed by atoms with Crippen LogP contribution in [0.2, 0.25) is 0 Å². The summed E-state index contributed by atoms with van der Waals surface area (Å²) in [5.41, 5.74) is 3.75. The zero-order valence-electron chi connectivity index (χ0n) is 30.1. The number of guanidine groups is 1. The SMILES string of the molecule is CCC/C=N\C(=NC)N1CCC(CCNC(=O)/N=C(/C)SCC(=O)CC)CC1.CCc1ccccc1C.Cc1ccc(OC(F)(F)F)cc1. The van der Waals surface area contributed by atoms with Crippen LogP contribution in [0, 0.1) is 19.8 Å². The average molecular weight is 706 g/mol. The Morgan fingerprint density at radius 1 is 1.04 bits per heavy atom. The van der Waals surface area contributed by atoms with Crippen LogP contribution in [0.15, 0.2) is 63.5 Å². The van der Waals surface area contributed by atoms with E-state index < -0.39 is 6.36 Å². The highest BCUT2D eigenvalue weighted by Gasteiger charge is 2.30. The second-order valence-electron chi connectivity index (χ2n) is 11.5. The molecule has 1 fully saturated rings. The van der Waals surface area contributed by atoms with Crippen molar-refractivity contribution < 1.29 is 27.5 Å². The summed E-state index contributed by atoms with van der Waals surface area (Å²) < 4.78 is 38.5. The van der Waals surface area contributed by atoms with Gasteiger partial charge in [0.05, 0.1) is 10.8 Å². The number of rotatable bonds is 10. The Morgan fingerprint density at radius 3 is 2.22 bits per heavy atom. The fourth-order valence-electron chi connectivity index (χ4n) is 4.61. The Balaban J connectivity index is 0.000000461. The van der Waals surface area contributed by atoms with Gasteiger partial charge in [-0.3, -0.25) is 9.79 Å². The lowest BCUT2D eigenvalue weighted by Crippen LogP contribution is -2.38. The molecule has 2 aromatic rings. The predicted molar refractivity (Wildman–Crippen MR) is 198 cm³/mol. The standard InChI is InChI=1S/C20H35N5O2S.C9H12.C8H7F3O/c1-5-7-11-22-19(21-4)25-13-9-17(10-14-25)8-12-23-20(27)24-16(3)28-15-18(26)6-2;1-3-9-7-5-4-6-8(9)2;1-6-2-4-7(5-3-6)12-8(9,10)11/h11,17H,5-10,12-15H2,1-4H3,(H,23,27);4-7H,3H2,1-2H3;2-5H,1H3/b21-19?,22-11-,24-16-;;. The van der Waals surface area contributed by atoms with Crippen LogP contribution in [0.1, 0.15) is 82.9 Å². The summed E-state index contributed by atoms with van der Waals surface area (Å²) >= 11 is 1.32. The Labute approximate surface area is 295 Å². The van der Waals surface area contributed by atoms with Crippen molar-refractivity contribution in [3.63, 3.8) is 0 Å². The molecule has 0 bridgehead atoms. The topological polar surface area (TPSA) is 95.7 Å². The Morgan fingerprint density at radius 2 is 1.69 bits per heavy atom. The number of unbranched alkanes of at least 4 members (excludes halogenated alkanes) is 1. The molecule has 0 aliphatic carbocycles. The number of halogens is 3. The number of amides is 2. The lowest BCUT2D eigenvalue weighted by Gasteiger charge is -2.32. The van der Waals surface area contributed by atoms with Crippen LogP contribution >= 0.6 is 11.8 Å². The van der Waals surface area contributed by atoms with E-state index in [-0.39, 0.29) is 17.6 Å². The molecule has 1 saturated heterocycles. The number of aliphatic imine (C=N–C) groups is 3. The third-order valence-electron chi connectivity index (χ3n) is 7.54. The van der Waals surface area contributed by atoms with Crippen molar-refractivity contribution in [3.05, 3.63) is 65.2 Å². The van der Waals surface area contributed by atoms with Gasteiger partial charge in [-0.2, -0.15) is 4.99 Å². The number of alkyl halides is 3. The van der Waals surface area contributed by atoms with E-state index >= 15 is 0 Å². The number of hydrogen-bond donors (Lipinski definition) is 1. The van der Waals surface area contributed by atoms with Crippen molar-refractivity contribution in [2.24, 2.45) is 20.9 Å². The number of likely N-dealkylation sites (tertiary alicyclic amines) is 1. The molecule has 272 valence electrons. The zero-order chi connectivity index (χ0) is 36.7.